The molecule has 3 heterocycles. The van der Waals surface area contributed by atoms with Crippen molar-refractivity contribution in [1.29, 1.82) is 0 Å². The summed E-state index contributed by atoms with van der Waals surface area (Å²) < 4.78 is 4.19. The Morgan fingerprint density at radius 3 is 2.71 bits per heavy atom. The number of hydrogen-bond donors (Lipinski definition) is 1. The van der Waals surface area contributed by atoms with E-state index in [9.17, 15) is 5.11 Å². The highest BCUT2D eigenvalue weighted by Gasteiger charge is 2.22. The lowest BCUT2D eigenvalue weighted by atomic mass is 10.0. The highest BCUT2D eigenvalue weighted by atomic mass is 16.3. The van der Waals surface area contributed by atoms with E-state index < -0.39 is 0 Å². The molecule has 1 fully saturated rings. The summed E-state index contributed by atoms with van der Waals surface area (Å²) in [5.74, 6) is 0. The van der Waals surface area contributed by atoms with Crippen molar-refractivity contribution in [2.45, 2.75) is 45.3 Å². The minimum Gasteiger partial charge on any atom is -0.395 e. The zero-order valence-corrected chi connectivity index (χ0v) is 16.5. The van der Waals surface area contributed by atoms with E-state index in [1.807, 2.05) is 35.4 Å². The summed E-state index contributed by atoms with van der Waals surface area (Å²) in [6.07, 6.45) is 9.49. The van der Waals surface area contributed by atoms with Gasteiger partial charge in [0, 0.05) is 43.0 Å². The average Bonchev–Trinajstić information content (AvgIpc) is 3.39. The largest absolute Gasteiger partial charge is 0.395 e. The number of aliphatic hydroxyl groups excluding tert-OH is 1. The quantitative estimate of drug-likeness (QED) is 0.684. The molecular weight excluding hydrogens is 350 g/mol. The first-order chi connectivity index (χ1) is 13.8. The van der Waals surface area contributed by atoms with Crippen LogP contribution in [0.2, 0.25) is 0 Å². The van der Waals surface area contributed by atoms with Gasteiger partial charge in [-0.25, -0.2) is 4.98 Å². The molecule has 1 saturated heterocycles. The highest BCUT2D eigenvalue weighted by molar-refractivity contribution is 5.78. The van der Waals surface area contributed by atoms with Gasteiger partial charge in [-0.3, -0.25) is 9.58 Å². The Labute approximate surface area is 166 Å². The number of rotatable bonds is 7. The van der Waals surface area contributed by atoms with Gasteiger partial charge in [0.2, 0.25) is 0 Å². The van der Waals surface area contributed by atoms with Gasteiger partial charge in [-0.05, 0) is 26.3 Å². The Hall–Kier alpha value is -2.44. The molecule has 0 aliphatic carbocycles. The van der Waals surface area contributed by atoms with Crippen LogP contribution in [0.15, 0.2) is 49.1 Å². The smallest absolute Gasteiger partial charge is 0.0964 e. The second-order valence-corrected chi connectivity index (χ2v) is 7.45. The second-order valence-electron chi connectivity index (χ2n) is 7.45. The zero-order valence-electron chi connectivity index (χ0n) is 16.5. The predicted octanol–water partition coefficient (Wildman–Crippen LogP) is 3.28. The van der Waals surface area contributed by atoms with Crippen LogP contribution in [0.4, 0.5) is 0 Å². The highest BCUT2D eigenvalue weighted by Crippen LogP contribution is 2.31. The van der Waals surface area contributed by atoms with Gasteiger partial charge in [0.05, 0.1) is 30.5 Å². The summed E-state index contributed by atoms with van der Waals surface area (Å²) in [7, 11) is 0. The van der Waals surface area contributed by atoms with Crippen LogP contribution in [0.5, 0.6) is 0 Å². The monoisotopic (exact) mass is 379 g/mol. The van der Waals surface area contributed by atoms with Crippen molar-refractivity contribution in [3.63, 3.8) is 0 Å². The second kappa shape index (κ2) is 8.71. The van der Waals surface area contributed by atoms with E-state index >= 15 is 0 Å². The van der Waals surface area contributed by atoms with Gasteiger partial charge in [0.15, 0.2) is 0 Å². The Morgan fingerprint density at radius 1 is 1.11 bits per heavy atom. The number of aliphatic hydroxyl groups is 1. The number of aromatic nitrogens is 4. The van der Waals surface area contributed by atoms with E-state index in [1.54, 1.807) is 0 Å². The van der Waals surface area contributed by atoms with Gasteiger partial charge in [-0.1, -0.05) is 36.8 Å². The molecule has 28 heavy (non-hydrogen) atoms. The number of aryl methyl sites for hydroxylation is 1. The lowest BCUT2D eigenvalue weighted by molar-refractivity contribution is 0.0873. The topological polar surface area (TPSA) is 59.1 Å². The summed E-state index contributed by atoms with van der Waals surface area (Å²) in [4.78, 5) is 7.18. The van der Waals surface area contributed by atoms with E-state index in [-0.39, 0.29) is 12.6 Å². The fourth-order valence-electron chi connectivity index (χ4n) is 4.12. The van der Waals surface area contributed by atoms with Crippen molar-refractivity contribution in [1.82, 2.24) is 24.2 Å². The predicted molar refractivity (Wildman–Crippen MR) is 111 cm³/mol. The molecule has 6 heteroatoms. The van der Waals surface area contributed by atoms with Crippen molar-refractivity contribution in [3.05, 3.63) is 49.1 Å². The van der Waals surface area contributed by atoms with Crippen molar-refractivity contribution >= 4 is 0 Å². The molecule has 0 radical (unpaired) electrons. The standard InChI is InChI=1S/C22H29N5O/c1-2-27-15-19(14-24-27)22-21(18-8-4-3-5-9-18)23-17-26(22)13-12-25-11-7-6-10-20(25)16-28/h3-5,8-9,14-15,17,20,28H,2,6-7,10-13,16H2,1H3/t20-/m1/s1. The van der Waals surface area contributed by atoms with Crippen LogP contribution in [-0.2, 0) is 13.1 Å². The normalized spacial score (nSPS) is 17.9. The molecule has 1 aromatic carbocycles. The first-order valence-electron chi connectivity index (χ1n) is 10.3. The Kier molecular flexibility index (Phi) is 5.88. The van der Waals surface area contributed by atoms with E-state index in [0.717, 1.165) is 55.1 Å². The third kappa shape index (κ3) is 3.88. The minimum atomic E-state index is 0.245. The Morgan fingerprint density at radius 2 is 1.96 bits per heavy atom. The number of hydrogen-bond acceptors (Lipinski definition) is 4. The lowest BCUT2D eigenvalue weighted by Gasteiger charge is -2.34. The molecule has 1 aliphatic rings. The maximum absolute atomic E-state index is 9.70. The number of imidazole rings is 1. The van der Waals surface area contributed by atoms with Gasteiger partial charge in [-0.2, -0.15) is 5.10 Å². The third-order valence-electron chi connectivity index (χ3n) is 5.70. The van der Waals surface area contributed by atoms with Crippen LogP contribution in [0.1, 0.15) is 26.2 Å². The van der Waals surface area contributed by atoms with Crippen molar-refractivity contribution in [2.75, 3.05) is 19.7 Å². The molecule has 3 aromatic rings. The third-order valence-corrected chi connectivity index (χ3v) is 5.70. The molecule has 0 saturated carbocycles. The molecule has 4 rings (SSSR count). The number of nitrogens with zero attached hydrogens (tertiary/aromatic N) is 5. The van der Waals surface area contributed by atoms with Crippen LogP contribution in [0.25, 0.3) is 22.5 Å². The molecular formula is C22H29N5O. The molecule has 0 unspecified atom stereocenters. The first-order valence-corrected chi connectivity index (χ1v) is 10.3. The summed E-state index contributed by atoms with van der Waals surface area (Å²) in [6.45, 7) is 6.02. The van der Waals surface area contributed by atoms with Gasteiger partial charge < -0.3 is 9.67 Å². The fraction of sp³-hybridized carbons (Fsp3) is 0.455. The fourth-order valence-corrected chi connectivity index (χ4v) is 4.12. The Bertz CT molecular complexity index is 885. The summed E-state index contributed by atoms with van der Waals surface area (Å²) in [5.41, 5.74) is 4.32. The lowest BCUT2D eigenvalue weighted by Crippen LogP contribution is -2.43. The molecule has 148 valence electrons. The molecule has 0 amide bonds. The SMILES string of the molecule is CCn1cc(-c2c(-c3ccccc3)ncn2CCN2CCCC[C@@H]2CO)cn1. The molecule has 0 spiro atoms. The van der Waals surface area contributed by atoms with Crippen molar-refractivity contribution in [2.24, 2.45) is 0 Å². The maximum Gasteiger partial charge on any atom is 0.0964 e. The van der Waals surface area contributed by atoms with Gasteiger partial charge in [-0.15, -0.1) is 0 Å². The summed E-state index contributed by atoms with van der Waals surface area (Å²) >= 11 is 0. The van der Waals surface area contributed by atoms with Crippen LogP contribution in [-0.4, -0.2) is 55.1 Å². The molecule has 0 bridgehead atoms. The molecule has 1 aliphatic heterocycles. The van der Waals surface area contributed by atoms with Gasteiger partial charge in [0.25, 0.3) is 0 Å². The first kappa shape index (κ1) is 18.9. The minimum absolute atomic E-state index is 0.245. The Balaban J connectivity index is 1.64. The molecule has 1 N–H and O–H groups in total. The van der Waals surface area contributed by atoms with Crippen LogP contribution in [0, 0.1) is 0 Å². The van der Waals surface area contributed by atoms with Gasteiger partial charge >= 0.3 is 0 Å². The number of likely N-dealkylation sites (tertiary alicyclic amines) is 1. The van der Waals surface area contributed by atoms with E-state index in [1.165, 1.54) is 12.8 Å². The molecule has 2 aromatic heterocycles. The average molecular weight is 380 g/mol. The van der Waals surface area contributed by atoms with E-state index in [2.05, 4.69) is 39.8 Å². The van der Waals surface area contributed by atoms with Crippen LogP contribution in [0.3, 0.4) is 0 Å². The summed E-state index contributed by atoms with van der Waals surface area (Å²) in [6, 6.07) is 10.6. The van der Waals surface area contributed by atoms with Crippen molar-refractivity contribution in [3.8, 4) is 22.5 Å². The number of benzene rings is 1. The number of piperidine rings is 1. The zero-order chi connectivity index (χ0) is 19.3. The van der Waals surface area contributed by atoms with Crippen LogP contribution >= 0.6 is 0 Å². The molecule has 6 nitrogen and oxygen atoms in total. The van der Waals surface area contributed by atoms with Crippen LogP contribution < -0.4 is 0 Å². The van der Waals surface area contributed by atoms with E-state index in [4.69, 9.17) is 4.98 Å². The maximum atomic E-state index is 9.70. The van der Waals surface area contributed by atoms with Crippen molar-refractivity contribution < 1.29 is 5.11 Å². The van der Waals surface area contributed by atoms with Gasteiger partial charge in [0.1, 0.15) is 0 Å². The van der Waals surface area contributed by atoms with E-state index in [0.29, 0.717) is 0 Å². The molecule has 1 atom stereocenters. The summed E-state index contributed by atoms with van der Waals surface area (Å²) in [5, 5.41) is 14.2.